The van der Waals surface area contributed by atoms with E-state index in [-0.39, 0.29) is 6.04 Å². The number of carboxylic acid groups (broad SMARTS) is 1. The Hall–Kier alpha value is -1.63. The molecule has 0 aliphatic heterocycles. The molecule has 0 radical (unpaired) electrons. The fraction of sp³-hybridized carbons (Fsp3) is 0.385. The van der Waals surface area contributed by atoms with Gasteiger partial charge >= 0.3 is 12.0 Å². The van der Waals surface area contributed by atoms with Gasteiger partial charge in [-0.2, -0.15) is 0 Å². The Morgan fingerprint density at radius 2 is 2.10 bits per heavy atom. The van der Waals surface area contributed by atoms with Crippen molar-refractivity contribution in [2.45, 2.75) is 25.3 Å². The van der Waals surface area contributed by atoms with Crippen LogP contribution >= 0.6 is 15.9 Å². The van der Waals surface area contributed by atoms with Gasteiger partial charge in [-0.25, -0.2) is 9.18 Å². The summed E-state index contributed by atoms with van der Waals surface area (Å²) in [5.74, 6) is -1.68. The molecule has 1 aromatic carbocycles. The van der Waals surface area contributed by atoms with Gasteiger partial charge in [-0.3, -0.25) is 4.79 Å². The molecule has 0 spiro atoms. The number of carbonyl (C=O) groups excluding carboxylic acids is 1. The lowest BCUT2D eigenvalue weighted by molar-refractivity contribution is -0.141. The lowest BCUT2D eigenvalue weighted by atomic mass is 10.1. The fourth-order valence-corrected chi connectivity index (χ4v) is 2.62. The van der Waals surface area contributed by atoms with Gasteiger partial charge in [-0.05, 0) is 53.4 Å². The SMILES string of the molecule is O=C(Nc1cc(F)ccc1Br)NC1CCC(C(=O)O)C1. The van der Waals surface area contributed by atoms with Gasteiger partial charge in [0.25, 0.3) is 0 Å². The molecule has 0 bridgehead atoms. The van der Waals surface area contributed by atoms with Crippen LogP contribution in [-0.4, -0.2) is 23.1 Å². The molecule has 2 unspecified atom stereocenters. The number of aliphatic carboxylic acids is 1. The molecule has 0 heterocycles. The summed E-state index contributed by atoms with van der Waals surface area (Å²) >= 11 is 3.21. The number of benzene rings is 1. The van der Waals surface area contributed by atoms with Crippen LogP contribution in [0.2, 0.25) is 0 Å². The van der Waals surface area contributed by atoms with Crippen LogP contribution in [0.15, 0.2) is 22.7 Å². The van der Waals surface area contributed by atoms with Crippen molar-refractivity contribution >= 4 is 33.6 Å². The molecule has 7 heteroatoms. The van der Waals surface area contributed by atoms with Crippen molar-refractivity contribution < 1.29 is 19.1 Å². The lowest BCUT2D eigenvalue weighted by Gasteiger charge is -2.14. The standard InChI is InChI=1S/C13H14BrFN2O3/c14-10-4-2-8(15)6-11(10)17-13(20)16-9-3-1-7(5-9)12(18)19/h2,4,6-7,9H,1,3,5H2,(H,18,19)(H2,16,17,20). The summed E-state index contributed by atoms with van der Waals surface area (Å²) in [6, 6.07) is 3.36. The molecule has 1 fully saturated rings. The van der Waals surface area contributed by atoms with Crippen molar-refractivity contribution in [3.05, 3.63) is 28.5 Å². The zero-order valence-electron chi connectivity index (χ0n) is 10.5. The van der Waals surface area contributed by atoms with Crippen molar-refractivity contribution in [1.82, 2.24) is 5.32 Å². The monoisotopic (exact) mass is 344 g/mol. The average Bonchev–Trinajstić information content (AvgIpc) is 2.82. The highest BCUT2D eigenvalue weighted by molar-refractivity contribution is 9.10. The van der Waals surface area contributed by atoms with Gasteiger partial charge in [-0.1, -0.05) is 0 Å². The van der Waals surface area contributed by atoms with Crippen molar-refractivity contribution in [2.24, 2.45) is 5.92 Å². The number of rotatable bonds is 3. The summed E-state index contributed by atoms with van der Waals surface area (Å²) in [5.41, 5.74) is 0.329. The number of hydrogen-bond donors (Lipinski definition) is 3. The smallest absolute Gasteiger partial charge is 0.319 e. The number of nitrogens with one attached hydrogen (secondary N) is 2. The normalized spacial score (nSPS) is 21.5. The molecule has 5 nitrogen and oxygen atoms in total. The Labute approximate surface area is 123 Å². The quantitative estimate of drug-likeness (QED) is 0.788. The number of urea groups is 1. The van der Waals surface area contributed by atoms with Crippen LogP contribution in [0, 0.1) is 11.7 Å². The number of carboxylic acids is 1. The van der Waals surface area contributed by atoms with Crippen molar-refractivity contribution in [3.8, 4) is 0 Å². The first-order valence-corrected chi connectivity index (χ1v) is 7.00. The molecule has 20 heavy (non-hydrogen) atoms. The minimum Gasteiger partial charge on any atom is -0.481 e. The van der Waals surface area contributed by atoms with Gasteiger partial charge < -0.3 is 15.7 Å². The maximum Gasteiger partial charge on any atom is 0.319 e. The minimum atomic E-state index is -0.831. The second-order valence-electron chi connectivity index (χ2n) is 4.77. The Bertz CT molecular complexity index is 538. The van der Waals surface area contributed by atoms with Crippen LogP contribution in [0.5, 0.6) is 0 Å². The van der Waals surface area contributed by atoms with E-state index in [1.54, 1.807) is 0 Å². The number of amides is 2. The first-order valence-electron chi connectivity index (χ1n) is 6.21. The fourth-order valence-electron chi connectivity index (χ4n) is 2.27. The highest BCUT2D eigenvalue weighted by atomic mass is 79.9. The third kappa shape index (κ3) is 3.69. The molecule has 1 saturated carbocycles. The highest BCUT2D eigenvalue weighted by Gasteiger charge is 2.30. The largest absolute Gasteiger partial charge is 0.481 e. The molecular formula is C13H14BrFN2O3. The maximum atomic E-state index is 13.1. The van der Waals surface area contributed by atoms with Gasteiger partial charge in [0.1, 0.15) is 5.82 Å². The second kappa shape index (κ2) is 6.21. The van der Waals surface area contributed by atoms with Gasteiger partial charge in [0.05, 0.1) is 11.6 Å². The third-order valence-corrected chi connectivity index (χ3v) is 3.99. The van der Waals surface area contributed by atoms with E-state index in [1.165, 1.54) is 18.2 Å². The van der Waals surface area contributed by atoms with Crippen LogP contribution in [0.1, 0.15) is 19.3 Å². The van der Waals surface area contributed by atoms with Crippen LogP contribution in [0.3, 0.4) is 0 Å². The Balaban J connectivity index is 1.90. The zero-order chi connectivity index (χ0) is 14.7. The Morgan fingerprint density at radius 1 is 1.35 bits per heavy atom. The Kier molecular flexibility index (Phi) is 4.59. The number of halogens is 2. The molecule has 2 atom stereocenters. The van der Waals surface area contributed by atoms with Gasteiger partial charge in [0.15, 0.2) is 0 Å². The third-order valence-electron chi connectivity index (χ3n) is 3.29. The summed E-state index contributed by atoms with van der Waals surface area (Å²) in [5, 5.41) is 14.1. The molecule has 0 aromatic heterocycles. The Morgan fingerprint density at radius 3 is 2.75 bits per heavy atom. The molecule has 2 amide bonds. The van der Waals surface area contributed by atoms with E-state index in [2.05, 4.69) is 26.6 Å². The molecule has 2 rings (SSSR count). The van der Waals surface area contributed by atoms with Crippen LogP contribution in [-0.2, 0) is 4.79 Å². The first-order chi connectivity index (χ1) is 9.45. The van der Waals surface area contributed by atoms with Crippen molar-refractivity contribution in [3.63, 3.8) is 0 Å². The minimum absolute atomic E-state index is 0.163. The van der Waals surface area contributed by atoms with E-state index in [4.69, 9.17) is 5.11 Å². The molecule has 1 aliphatic rings. The maximum absolute atomic E-state index is 13.1. The summed E-state index contributed by atoms with van der Waals surface area (Å²) in [6.07, 6.45) is 1.62. The molecular weight excluding hydrogens is 331 g/mol. The summed E-state index contributed by atoms with van der Waals surface area (Å²) in [7, 11) is 0. The van der Waals surface area contributed by atoms with Gasteiger partial charge in [-0.15, -0.1) is 0 Å². The average molecular weight is 345 g/mol. The van der Waals surface area contributed by atoms with Gasteiger partial charge in [0.2, 0.25) is 0 Å². The zero-order valence-corrected chi connectivity index (χ0v) is 12.1. The molecule has 108 valence electrons. The predicted molar refractivity (Wildman–Crippen MR) is 75.0 cm³/mol. The van der Waals surface area contributed by atoms with E-state index >= 15 is 0 Å². The van der Waals surface area contributed by atoms with E-state index in [0.717, 1.165) is 0 Å². The number of hydrogen-bond acceptors (Lipinski definition) is 2. The second-order valence-corrected chi connectivity index (χ2v) is 5.62. The van der Waals surface area contributed by atoms with E-state index in [1.807, 2.05) is 0 Å². The van der Waals surface area contributed by atoms with Crippen molar-refractivity contribution in [2.75, 3.05) is 5.32 Å². The van der Waals surface area contributed by atoms with Crippen LogP contribution < -0.4 is 10.6 Å². The summed E-state index contributed by atoms with van der Waals surface area (Å²) in [4.78, 5) is 22.6. The first kappa shape index (κ1) is 14.8. The van der Waals surface area contributed by atoms with E-state index in [9.17, 15) is 14.0 Å². The van der Waals surface area contributed by atoms with E-state index in [0.29, 0.717) is 29.4 Å². The molecule has 3 N–H and O–H groups in total. The summed E-state index contributed by atoms with van der Waals surface area (Å²) < 4.78 is 13.7. The number of anilines is 1. The van der Waals surface area contributed by atoms with Gasteiger partial charge in [0, 0.05) is 10.5 Å². The molecule has 0 saturated heterocycles. The highest BCUT2D eigenvalue weighted by Crippen LogP contribution is 2.26. The van der Waals surface area contributed by atoms with E-state index < -0.39 is 23.7 Å². The van der Waals surface area contributed by atoms with Crippen LogP contribution in [0.4, 0.5) is 14.9 Å². The molecule has 1 aromatic rings. The van der Waals surface area contributed by atoms with Crippen LogP contribution in [0.25, 0.3) is 0 Å². The summed E-state index contributed by atoms with van der Waals surface area (Å²) in [6.45, 7) is 0. The predicted octanol–water partition coefficient (Wildman–Crippen LogP) is 2.96. The number of carbonyl (C=O) groups is 2. The molecule has 1 aliphatic carbocycles. The van der Waals surface area contributed by atoms with Crippen molar-refractivity contribution in [1.29, 1.82) is 0 Å². The lowest BCUT2D eigenvalue weighted by Crippen LogP contribution is -2.36. The topological polar surface area (TPSA) is 78.4 Å².